The summed E-state index contributed by atoms with van der Waals surface area (Å²) in [4.78, 5) is 25.8. The molecule has 1 N–H and O–H groups in total. The summed E-state index contributed by atoms with van der Waals surface area (Å²) in [5.41, 5.74) is 1.85. The summed E-state index contributed by atoms with van der Waals surface area (Å²) in [5, 5.41) is 3.85. The van der Waals surface area contributed by atoms with Gasteiger partial charge in [0.15, 0.2) is 0 Å². The maximum Gasteiger partial charge on any atom is 0.261 e. The Hall–Kier alpha value is -1.65. The number of amides is 2. The molecule has 1 fully saturated rings. The van der Waals surface area contributed by atoms with Crippen molar-refractivity contribution in [3.8, 4) is 0 Å². The van der Waals surface area contributed by atoms with Gasteiger partial charge in [-0.2, -0.15) is 0 Å². The standard InChI is InChI=1S/C16H19ClN2O2/c1-3-5-13-12(4-2)15(20)19(16(13)21)10-14(17)11-6-8-18-9-7-11/h3-5,18H,2,6-10H2,1H3/b5-3-. The van der Waals surface area contributed by atoms with E-state index < -0.39 is 0 Å². The quantitative estimate of drug-likeness (QED) is 0.811. The third kappa shape index (κ3) is 3.17. The van der Waals surface area contributed by atoms with Crippen molar-refractivity contribution < 1.29 is 9.59 Å². The molecular weight excluding hydrogens is 288 g/mol. The lowest BCUT2D eigenvalue weighted by molar-refractivity contribution is -0.136. The third-order valence-corrected chi connectivity index (χ3v) is 4.05. The van der Waals surface area contributed by atoms with Crippen LogP contribution in [0.1, 0.15) is 19.8 Å². The van der Waals surface area contributed by atoms with E-state index in [2.05, 4.69) is 11.9 Å². The van der Waals surface area contributed by atoms with E-state index >= 15 is 0 Å². The SMILES string of the molecule is C=CC1=C(/C=C\C)C(=O)N(CC(Cl)=C2CCNCC2)C1=O. The zero-order valence-electron chi connectivity index (χ0n) is 12.1. The van der Waals surface area contributed by atoms with Gasteiger partial charge in [-0.15, -0.1) is 0 Å². The average molecular weight is 307 g/mol. The van der Waals surface area contributed by atoms with Gasteiger partial charge >= 0.3 is 0 Å². The van der Waals surface area contributed by atoms with Gasteiger partial charge in [0.25, 0.3) is 11.8 Å². The van der Waals surface area contributed by atoms with Crippen LogP contribution in [-0.4, -0.2) is 36.3 Å². The number of allylic oxidation sites excluding steroid dienone is 1. The molecule has 5 heteroatoms. The Kier molecular flexibility index (Phi) is 5.15. The Labute approximate surface area is 129 Å². The molecule has 0 aromatic carbocycles. The Bertz CT molecular complexity index is 565. The van der Waals surface area contributed by atoms with Gasteiger partial charge < -0.3 is 5.32 Å². The first kappa shape index (κ1) is 15.7. The summed E-state index contributed by atoms with van der Waals surface area (Å²) in [7, 11) is 0. The van der Waals surface area contributed by atoms with Gasteiger partial charge in [0.05, 0.1) is 17.7 Å². The van der Waals surface area contributed by atoms with Crippen LogP contribution in [0.3, 0.4) is 0 Å². The van der Waals surface area contributed by atoms with Crippen LogP contribution in [0.25, 0.3) is 0 Å². The van der Waals surface area contributed by atoms with E-state index in [-0.39, 0.29) is 18.4 Å². The van der Waals surface area contributed by atoms with Crippen molar-refractivity contribution in [2.75, 3.05) is 19.6 Å². The molecule has 2 heterocycles. The predicted molar refractivity (Wildman–Crippen MR) is 83.7 cm³/mol. The number of hydrogen-bond donors (Lipinski definition) is 1. The van der Waals surface area contributed by atoms with Crippen LogP contribution in [-0.2, 0) is 9.59 Å². The highest BCUT2D eigenvalue weighted by atomic mass is 35.5. The lowest BCUT2D eigenvalue weighted by Gasteiger charge is -2.20. The lowest BCUT2D eigenvalue weighted by Crippen LogP contribution is -2.33. The summed E-state index contributed by atoms with van der Waals surface area (Å²) < 4.78 is 0. The van der Waals surface area contributed by atoms with Gasteiger partial charge in [0, 0.05) is 5.03 Å². The number of hydrogen-bond acceptors (Lipinski definition) is 3. The summed E-state index contributed by atoms with van der Waals surface area (Å²) in [5.74, 6) is -0.628. The minimum absolute atomic E-state index is 0.146. The minimum atomic E-state index is -0.323. The van der Waals surface area contributed by atoms with Crippen LogP contribution >= 0.6 is 11.6 Å². The van der Waals surface area contributed by atoms with Crippen LogP contribution in [0.4, 0.5) is 0 Å². The molecule has 2 rings (SSSR count). The fraction of sp³-hybridized carbons (Fsp3) is 0.375. The minimum Gasteiger partial charge on any atom is -0.316 e. The normalized spacial score (nSPS) is 19.9. The Morgan fingerprint density at radius 3 is 2.48 bits per heavy atom. The van der Waals surface area contributed by atoms with Crippen molar-refractivity contribution in [2.45, 2.75) is 19.8 Å². The highest BCUT2D eigenvalue weighted by Crippen LogP contribution is 2.26. The molecule has 0 radical (unpaired) electrons. The highest BCUT2D eigenvalue weighted by Gasteiger charge is 2.35. The van der Waals surface area contributed by atoms with Gasteiger partial charge in [0.1, 0.15) is 0 Å². The second-order valence-corrected chi connectivity index (χ2v) is 5.44. The number of carbonyl (C=O) groups excluding carboxylic acids is 2. The van der Waals surface area contributed by atoms with E-state index in [1.165, 1.54) is 11.0 Å². The zero-order valence-corrected chi connectivity index (χ0v) is 12.9. The predicted octanol–water partition coefficient (Wildman–Crippen LogP) is 2.29. The zero-order chi connectivity index (χ0) is 15.4. The number of imide groups is 1. The number of nitrogens with one attached hydrogen (secondary N) is 1. The van der Waals surface area contributed by atoms with Crippen molar-refractivity contribution in [1.82, 2.24) is 10.2 Å². The summed E-state index contributed by atoms with van der Waals surface area (Å²) >= 11 is 6.33. The number of halogens is 1. The second-order valence-electron chi connectivity index (χ2n) is 4.99. The topological polar surface area (TPSA) is 49.4 Å². The van der Waals surface area contributed by atoms with Gasteiger partial charge in [0.2, 0.25) is 0 Å². The fourth-order valence-electron chi connectivity index (χ4n) is 2.53. The molecule has 0 bridgehead atoms. The highest BCUT2D eigenvalue weighted by molar-refractivity contribution is 6.31. The van der Waals surface area contributed by atoms with E-state index in [1.54, 1.807) is 19.1 Å². The molecule has 2 amide bonds. The Balaban J connectivity index is 2.21. The van der Waals surface area contributed by atoms with Crippen LogP contribution < -0.4 is 5.32 Å². The van der Waals surface area contributed by atoms with Gasteiger partial charge in [-0.05, 0) is 32.9 Å². The van der Waals surface area contributed by atoms with Crippen molar-refractivity contribution in [2.24, 2.45) is 0 Å². The smallest absolute Gasteiger partial charge is 0.261 e. The van der Waals surface area contributed by atoms with E-state index in [4.69, 9.17) is 11.6 Å². The molecule has 4 nitrogen and oxygen atoms in total. The van der Waals surface area contributed by atoms with Crippen LogP contribution in [0.2, 0.25) is 0 Å². The van der Waals surface area contributed by atoms with E-state index in [1.807, 2.05) is 0 Å². The van der Waals surface area contributed by atoms with E-state index in [0.717, 1.165) is 31.5 Å². The Morgan fingerprint density at radius 1 is 1.29 bits per heavy atom. The summed E-state index contributed by atoms with van der Waals surface area (Å²) in [6.07, 6.45) is 6.53. The fourth-order valence-corrected chi connectivity index (χ4v) is 2.84. The van der Waals surface area contributed by atoms with E-state index in [9.17, 15) is 9.59 Å². The largest absolute Gasteiger partial charge is 0.316 e. The Morgan fingerprint density at radius 2 is 1.90 bits per heavy atom. The van der Waals surface area contributed by atoms with Crippen LogP contribution in [0, 0.1) is 0 Å². The maximum absolute atomic E-state index is 12.3. The van der Waals surface area contributed by atoms with Crippen LogP contribution in [0.15, 0.2) is 46.6 Å². The van der Waals surface area contributed by atoms with Crippen molar-refractivity contribution in [1.29, 1.82) is 0 Å². The van der Waals surface area contributed by atoms with Crippen molar-refractivity contribution in [3.05, 3.63) is 46.6 Å². The van der Waals surface area contributed by atoms with Gasteiger partial charge in [-0.1, -0.05) is 42.0 Å². The molecule has 2 aliphatic heterocycles. The third-order valence-electron chi connectivity index (χ3n) is 3.67. The van der Waals surface area contributed by atoms with Gasteiger partial charge in [-0.3, -0.25) is 14.5 Å². The summed E-state index contributed by atoms with van der Waals surface area (Å²) in [6.45, 7) is 7.33. The first-order valence-corrected chi connectivity index (χ1v) is 7.40. The van der Waals surface area contributed by atoms with Crippen molar-refractivity contribution >= 4 is 23.4 Å². The molecular formula is C16H19ClN2O2. The molecule has 0 spiro atoms. The van der Waals surface area contributed by atoms with E-state index in [0.29, 0.717) is 16.2 Å². The number of nitrogens with zero attached hydrogens (tertiary/aromatic N) is 1. The molecule has 21 heavy (non-hydrogen) atoms. The molecule has 0 aromatic rings. The molecule has 0 saturated carbocycles. The number of piperidine rings is 1. The first-order valence-electron chi connectivity index (χ1n) is 7.02. The number of rotatable bonds is 4. The van der Waals surface area contributed by atoms with Crippen LogP contribution in [0.5, 0.6) is 0 Å². The van der Waals surface area contributed by atoms with Gasteiger partial charge in [-0.25, -0.2) is 0 Å². The average Bonchev–Trinajstić information content (AvgIpc) is 2.72. The first-order chi connectivity index (χ1) is 10.1. The summed E-state index contributed by atoms with van der Waals surface area (Å²) in [6, 6.07) is 0. The lowest BCUT2D eigenvalue weighted by atomic mass is 10.1. The maximum atomic E-state index is 12.3. The monoisotopic (exact) mass is 306 g/mol. The molecule has 0 unspecified atom stereocenters. The molecule has 1 saturated heterocycles. The molecule has 0 aromatic heterocycles. The van der Waals surface area contributed by atoms with Crippen molar-refractivity contribution in [3.63, 3.8) is 0 Å². The molecule has 0 atom stereocenters. The number of carbonyl (C=O) groups is 2. The molecule has 2 aliphatic rings. The molecule has 112 valence electrons. The molecule has 0 aliphatic carbocycles. The second kappa shape index (κ2) is 6.87.